The normalized spacial score (nSPS) is 15.4. The number of hydrogen-bond donors (Lipinski definition) is 2. The molecule has 0 saturated heterocycles. The third kappa shape index (κ3) is 2.62. The first-order chi connectivity index (χ1) is 10.0. The number of rotatable bonds is 5. The quantitative estimate of drug-likeness (QED) is 0.653. The Kier molecular flexibility index (Phi) is 3.40. The average molecular weight is 303 g/mol. The van der Waals surface area contributed by atoms with Crippen LogP contribution in [0.3, 0.4) is 0 Å². The highest BCUT2D eigenvalue weighted by Gasteiger charge is 2.32. The van der Waals surface area contributed by atoms with Gasteiger partial charge in [0.1, 0.15) is 4.90 Å². The zero-order valence-electron chi connectivity index (χ0n) is 11.5. The Bertz CT molecular complexity index is 813. The standard InChI is InChI=1S/C15H17N3O2S/c1-2-7-18(10-11-3-4-11)21(19,20)15-9-17-14-8-12(16)5-6-13(14)15/h1,5-6,8-9,11,17H,3-4,7,10,16H2. The molecule has 0 amide bonds. The molecule has 3 N–H and O–H groups in total. The van der Waals surface area contributed by atoms with E-state index in [9.17, 15) is 8.42 Å². The Morgan fingerprint density at radius 2 is 2.19 bits per heavy atom. The van der Waals surface area contributed by atoms with E-state index in [1.54, 1.807) is 18.2 Å². The molecule has 3 rings (SSSR count). The Balaban J connectivity index is 2.03. The second kappa shape index (κ2) is 5.10. The van der Waals surface area contributed by atoms with Crippen LogP contribution in [0.5, 0.6) is 0 Å². The van der Waals surface area contributed by atoms with E-state index in [4.69, 9.17) is 12.2 Å². The first-order valence-corrected chi connectivity index (χ1v) is 8.26. The van der Waals surface area contributed by atoms with Gasteiger partial charge in [-0.3, -0.25) is 0 Å². The lowest BCUT2D eigenvalue weighted by atomic mass is 10.2. The van der Waals surface area contributed by atoms with Crippen LogP contribution >= 0.6 is 0 Å². The van der Waals surface area contributed by atoms with Gasteiger partial charge < -0.3 is 10.7 Å². The lowest BCUT2D eigenvalue weighted by molar-refractivity contribution is 0.430. The van der Waals surface area contributed by atoms with Crippen molar-refractivity contribution in [3.05, 3.63) is 24.4 Å². The molecule has 0 aliphatic heterocycles. The summed E-state index contributed by atoms with van der Waals surface area (Å²) >= 11 is 0. The molecule has 21 heavy (non-hydrogen) atoms. The maximum Gasteiger partial charge on any atom is 0.246 e. The van der Waals surface area contributed by atoms with Crippen LogP contribution in [-0.2, 0) is 10.0 Å². The van der Waals surface area contributed by atoms with Crippen LogP contribution in [0.15, 0.2) is 29.3 Å². The molecule has 1 aromatic heterocycles. The summed E-state index contributed by atoms with van der Waals surface area (Å²) in [6.45, 7) is 0.592. The first-order valence-electron chi connectivity index (χ1n) is 6.82. The van der Waals surface area contributed by atoms with E-state index in [1.165, 1.54) is 10.5 Å². The molecule has 1 aliphatic rings. The predicted octanol–water partition coefficient (Wildman–Crippen LogP) is 1.78. The average Bonchev–Trinajstić information content (AvgIpc) is 3.15. The largest absolute Gasteiger partial charge is 0.399 e. The van der Waals surface area contributed by atoms with E-state index in [0.717, 1.165) is 12.8 Å². The smallest absolute Gasteiger partial charge is 0.246 e. The van der Waals surface area contributed by atoms with E-state index in [0.29, 0.717) is 29.1 Å². The second-order valence-electron chi connectivity index (χ2n) is 5.40. The monoisotopic (exact) mass is 303 g/mol. The van der Waals surface area contributed by atoms with Crippen molar-refractivity contribution in [3.63, 3.8) is 0 Å². The van der Waals surface area contributed by atoms with Gasteiger partial charge in [-0.1, -0.05) is 5.92 Å². The van der Waals surface area contributed by atoms with Gasteiger partial charge in [0, 0.05) is 29.3 Å². The molecule has 0 bridgehead atoms. The predicted molar refractivity (Wildman–Crippen MR) is 83.0 cm³/mol. The maximum absolute atomic E-state index is 12.8. The number of terminal acetylenes is 1. The van der Waals surface area contributed by atoms with Crippen LogP contribution in [-0.4, -0.2) is 30.8 Å². The lowest BCUT2D eigenvalue weighted by Gasteiger charge is -2.19. The summed E-state index contributed by atoms with van der Waals surface area (Å²) in [4.78, 5) is 3.22. The van der Waals surface area contributed by atoms with Crippen molar-refractivity contribution >= 4 is 26.6 Å². The van der Waals surface area contributed by atoms with Gasteiger partial charge in [-0.25, -0.2) is 8.42 Å². The molecule has 0 radical (unpaired) electrons. The minimum atomic E-state index is -3.60. The lowest BCUT2D eigenvalue weighted by Crippen LogP contribution is -2.33. The van der Waals surface area contributed by atoms with Crippen molar-refractivity contribution < 1.29 is 8.42 Å². The molecular weight excluding hydrogens is 286 g/mol. The fraction of sp³-hybridized carbons (Fsp3) is 0.333. The summed E-state index contributed by atoms with van der Waals surface area (Å²) in [5.74, 6) is 2.88. The molecule has 110 valence electrons. The van der Waals surface area contributed by atoms with Crippen LogP contribution in [0.25, 0.3) is 10.9 Å². The number of H-pyrrole nitrogens is 1. The summed E-state index contributed by atoms with van der Waals surface area (Å²) < 4.78 is 27.0. The minimum absolute atomic E-state index is 0.0977. The zero-order chi connectivity index (χ0) is 15.0. The molecule has 1 heterocycles. The third-order valence-electron chi connectivity index (χ3n) is 3.71. The molecule has 0 atom stereocenters. The number of aromatic nitrogens is 1. The van der Waals surface area contributed by atoms with Gasteiger partial charge in [0.05, 0.1) is 6.54 Å². The fourth-order valence-corrected chi connectivity index (χ4v) is 4.00. The van der Waals surface area contributed by atoms with Crippen LogP contribution in [0.4, 0.5) is 5.69 Å². The van der Waals surface area contributed by atoms with Crippen molar-refractivity contribution in [2.75, 3.05) is 18.8 Å². The molecular formula is C15H17N3O2S. The Labute approximate surface area is 124 Å². The minimum Gasteiger partial charge on any atom is -0.399 e. The number of anilines is 1. The van der Waals surface area contributed by atoms with Crippen molar-refractivity contribution in [3.8, 4) is 12.3 Å². The van der Waals surface area contributed by atoms with Crippen LogP contribution in [0, 0.1) is 18.3 Å². The molecule has 1 saturated carbocycles. The number of aromatic amines is 1. The molecule has 2 aromatic rings. The van der Waals surface area contributed by atoms with Crippen molar-refractivity contribution in [2.45, 2.75) is 17.7 Å². The highest BCUT2D eigenvalue weighted by molar-refractivity contribution is 7.89. The summed E-state index contributed by atoms with van der Waals surface area (Å²) in [7, 11) is -3.60. The SMILES string of the molecule is C#CCN(CC1CC1)S(=O)(=O)c1c[nH]c2cc(N)ccc12. The molecule has 1 aromatic carbocycles. The summed E-state index contributed by atoms with van der Waals surface area (Å²) in [5, 5.41) is 0.641. The number of benzene rings is 1. The van der Waals surface area contributed by atoms with Crippen LogP contribution in [0.1, 0.15) is 12.8 Å². The maximum atomic E-state index is 12.8. The highest BCUT2D eigenvalue weighted by atomic mass is 32.2. The number of nitrogen functional groups attached to an aromatic ring is 1. The summed E-state index contributed by atoms with van der Waals surface area (Å²) in [6.07, 6.45) is 8.98. The number of hydrogen-bond acceptors (Lipinski definition) is 3. The van der Waals surface area contributed by atoms with Crippen LogP contribution < -0.4 is 5.73 Å². The van der Waals surface area contributed by atoms with Gasteiger partial charge in [0.15, 0.2) is 0 Å². The number of nitrogens with one attached hydrogen (secondary N) is 1. The molecule has 6 heteroatoms. The second-order valence-corrected chi connectivity index (χ2v) is 7.31. The Hall–Kier alpha value is -1.97. The Morgan fingerprint density at radius 1 is 1.43 bits per heavy atom. The number of sulfonamides is 1. The van der Waals surface area contributed by atoms with Gasteiger partial charge in [0.25, 0.3) is 0 Å². The molecule has 1 fully saturated rings. The molecule has 1 aliphatic carbocycles. The third-order valence-corrected chi connectivity index (χ3v) is 5.56. The zero-order valence-corrected chi connectivity index (χ0v) is 12.4. The molecule has 5 nitrogen and oxygen atoms in total. The van der Waals surface area contributed by atoms with Crippen LogP contribution in [0.2, 0.25) is 0 Å². The number of nitrogens with two attached hydrogens (primary N) is 1. The highest BCUT2D eigenvalue weighted by Crippen LogP contribution is 2.33. The van der Waals surface area contributed by atoms with Gasteiger partial charge in [-0.15, -0.1) is 6.42 Å². The number of nitrogens with zero attached hydrogens (tertiary/aromatic N) is 1. The fourth-order valence-electron chi connectivity index (χ4n) is 2.41. The van der Waals surface area contributed by atoms with Gasteiger partial charge in [0.2, 0.25) is 10.0 Å². The molecule has 0 spiro atoms. The van der Waals surface area contributed by atoms with E-state index in [1.807, 2.05) is 0 Å². The van der Waals surface area contributed by atoms with E-state index >= 15 is 0 Å². The number of fused-ring (bicyclic) bond motifs is 1. The van der Waals surface area contributed by atoms with E-state index < -0.39 is 10.0 Å². The van der Waals surface area contributed by atoms with E-state index in [-0.39, 0.29) is 11.4 Å². The summed E-state index contributed by atoms with van der Waals surface area (Å²) in [5.41, 5.74) is 7.02. The van der Waals surface area contributed by atoms with Crippen molar-refractivity contribution in [1.82, 2.24) is 9.29 Å². The molecule has 0 unspecified atom stereocenters. The summed E-state index contributed by atoms with van der Waals surface area (Å²) in [6, 6.07) is 5.14. The van der Waals surface area contributed by atoms with Gasteiger partial charge in [-0.05, 0) is 37.0 Å². The topological polar surface area (TPSA) is 79.2 Å². The first kappa shape index (κ1) is 14.0. The van der Waals surface area contributed by atoms with Crippen molar-refractivity contribution in [2.24, 2.45) is 5.92 Å². The van der Waals surface area contributed by atoms with Gasteiger partial charge in [-0.2, -0.15) is 4.31 Å². The Morgan fingerprint density at radius 3 is 2.86 bits per heavy atom. The van der Waals surface area contributed by atoms with E-state index in [2.05, 4.69) is 10.9 Å². The van der Waals surface area contributed by atoms with Crippen molar-refractivity contribution in [1.29, 1.82) is 0 Å². The van der Waals surface area contributed by atoms with Gasteiger partial charge >= 0.3 is 0 Å².